The van der Waals surface area contributed by atoms with Crippen molar-refractivity contribution in [3.05, 3.63) is 114 Å². The molecule has 1 aromatic heterocycles. The minimum absolute atomic E-state index is 0.212. The lowest BCUT2D eigenvalue weighted by atomic mass is 10.1. The first-order chi connectivity index (χ1) is 15.6. The highest BCUT2D eigenvalue weighted by atomic mass is 16.5. The molecule has 2 amide bonds. The number of hydrogen-bond acceptors (Lipinski definition) is 4. The summed E-state index contributed by atoms with van der Waals surface area (Å²) >= 11 is 0. The fourth-order valence-electron chi connectivity index (χ4n) is 3.10. The van der Waals surface area contributed by atoms with Crippen LogP contribution in [-0.2, 0) is 6.61 Å². The van der Waals surface area contributed by atoms with Gasteiger partial charge in [0.1, 0.15) is 12.4 Å². The van der Waals surface area contributed by atoms with E-state index in [0.29, 0.717) is 29.3 Å². The van der Waals surface area contributed by atoms with Crippen molar-refractivity contribution in [3.63, 3.8) is 0 Å². The van der Waals surface area contributed by atoms with Crippen molar-refractivity contribution in [2.45, 2.75) is 13.5 Å². The number of ether oxygens (including phenoxy) is 1. The van der Waals surface area contributed by atoms with Crippen LogP contribution in [0.5, 0.6) is 5.75 Å². The van der Waals surface area contributed by atoms with E-state index in [1.165, 1.54) is 6.26 Å². The molecule has 3 aromatic carbocycles. The van der Waals surface area contributed by atoms with Gasteiger partial charge in [-0.2, -0.15) is 0 Å². The van der Waals surface area contributed by atoms with Crippen molar-refractivity contribution >= 4 is 23.2 Å². The number of carbonyl (C=O) groups excluding carboxylic acids is 2. The maximum atomic E-state index is 12.8. The Morgan fingerprint density at radius 1 is 0.844 bits per heavy atom. The number of anilines is 2. The van der Waals surface area contributed by atoms with Gasteiger partial charge in [-0.25, -0.2) is 0 Å². The van der Waals surface area contributed by atoms with E-state index in [1.807, 2.05) is 49.4 Å². The van der Waals surface area contributed by atoms with Gasteiger partial charge < -0.3 is 19.8 Å². The van der Waals surface area contributed by atoms with Crippen molar-refractivity contribution in [2.24, 2.45) is 0 Å². The first-order valence-corrected chi connectivity index (χ1v) is 10.1. The number of benzene rings is 3. The van der Waals surface area contributed by atoms with Crippen molar-refractivity contribution in [2.75, 3.05) is 10.6 Å². The van der Waals surface area contributed by atoms with Crippen LogP contribution in [-0.4, -0.2) is 11.8 Å². The third-order valence-corrected chi connectivity index (χ3v) is 4.83. The quantitative estimate of drug-likeness (QED) is 0.399. The minimum Gasteiger partial charge on any atom is -0.489 e. The van der Waals surface area contributed by atoms with Crippen LogP contribution in [0.15, 0.2) is 95.6 Å². The fraction of sp³-hybridized carbons (Fsp3) is 0.0769. The normalized spacial score (nSPS) is 10.4. The van der Waals surface area contributed by atoms with Crippen LogP contribution in [0.4, 0.5) is 11.4 Å². The van der Waals surface area contributed by atoms with Crippen LogP contribution in [0.3, 0.4) is 0 Å². The molecule has 1 heterocycles. The van der Waals surface area contributed by atoms with E-state index >= 15 is 0 Å². The van der Waals surface area contributed by atoms with E-state index in [0.717, 1.165) is 11.1 Å². The topological polar surface area (TPSA) is 80.6 Å². The van der Waals surface area contributed by atoms with Gasteiger partial charge in [-0.15, -0.1) is 0 Å². The molecule has 0 atom stereocenters. The van der Waals surface area contributed by atoms with Gasteiger partial charge in [0, 0.05) is 16.9 Å². The van der Waals surface area contributed by atoms with Crippen molar-refractivity contribution < 1.29 is 18.7 Å². The van der Waals surface area contributed by atoms with Gasteiger partial charge in [0.25, 0.3) is 11.8 Å². The highest BCUT2D eigenvalue weighted by molar-refractivity contribution is 6.06. The maximum absolute atomic E-state index is 12.8. The van der Waals surface area contributed by atoms with Gasteiger partial charge in [0.2, 0.25) is 0 Å². The fourth-order valence-corrected chi connectivity index (χ4v) is 3.10. The summed E-state index contributed by atoms with van der Waals surface area (Å²) in [4.78, 5) is 25.1. The molecule has 6 heteroatoms. The molecule has 4 rings (SSSR count). The number of rotatable bonds is 7. The Bertz CT molecular complexity index is 1220. The Morgan fingerprint density at radius 2 is 1.69 bits per heavy atom. The monoisotopic (exact) mass is 426 g/mol. The summed E-state index contributed by atoms with van der Waals surface area (Å²) in [5.41, 5.74) is 3.53. The third kappa shape index (κ3) is 5.23. The molecule has 0 aliphatic rings. The smallest absolute Gasteiger partial charge is 0.291 e. The average molecular weight is 426 g/mol. The third-order valence-electron chi connectivity index (χ3n) is 4.83. The van der Waals surface area contributed by atoms with Crippen LogP contribution in [0, 0.1) is 6.92 Å². The molecule has 0 spiro atoms. The summed E-state index contributed by atoms with van der Waals surface area (Å²) in [6, 6.07) is 25.4. The molecule has 0 aliphatic heterocycles. The Labute approximate surface area is 185 Å². The first kappa shape index (κ1) is 20.9. The summed E-state index contributed by atoms with van der Waals surface area (Å²) < 4.78 is 10.9. The molecule has 0 saturated heterocycles. The number of carbonyl (C=O) groups is 2. The van der Waals surface area contributed by atoms with Crippen LogP contribution < -0.4 is 15.4 Å². The molecule has 0 radical (unpaired) electrons. The van der Waals surface area contributed by atoms with Crippen LogP contribution in [0.2, 0.25) is 0 Å². The average Bonchev–Trinajstić information content (AvgIpc) is 3.36. The van der Waals surface area contributed by atoms with Crippen LogP contribution >= 0.6 is 0 Å². The predicted molar refractivity (Wildman–Crippen MR) is 123 cm³/mol. The lowest BCUT2D eigenvalue weighted by molar-refractivity contribution is 0.0995. The molecule has 2 N–H and O–H groups in total. The lowest BCUT2D eigenvalue weighted by Gasteiger charge is -2.12. The molecule has 0 fully saturated rings. The zero-order valence-corrected chi connectivity index (χ0v) is 17.5. The predicted octanol–water partition coefficient (Wildman–Crippen LogP) is 5.67. The zero-order valence-electron chi connectivity index (χ0n) is 17.5. The summed E-state index contributed by atoms with van der Waals surface area (Å²) in [6.07, 6.45) is 1.44. The van der Waals surface area contributed by atoms with Gasteiger partial charge in [0.15, 0.2) is 5.76 Å². The number of aryl methyl sites for hydroxylation is 1. The van der Waals surface area contributed by atoms with Gasteiger partial charge >= 0.3 is 0 Å². The second kappa shape index (κ2) is 9.66. The van der Waals surface area contributed by atoms with Crippen molar-refractivity contribution in [1.29, 1.82) is 0 Å². The van der Waals surface area contributed by atoms with E-state index in [-0.39, 0.29) is 17.6 Å². The van der Waals surface area contributed by atoms with E-state index < -0.39 is 0 Å². The zero-order chi connectivity index (χ0) is 22.3. The second-order valence-corrected chi connectivity index (χ2v) is 7.22. The van der Waals surface area contributed by atoms with E-state index in [1.54, 1.807) is 42.5 Å². The molecule has 4 aromatic rings. The second-order valence-electron chi connectivity index (χ2n) is 7.22. The lowest BCUT2D eigenvalue weighted by Crippen LogP contribution is -2.14. The van der Waals surface area contributed by atoms with E-state index in [9.17, 15) is 9.59 Å². The number of furan rings is 1. The molecule has 160 valence electrons. The maximum Gasteiger partial charge on any atom is 0.291 e. The molecule has 32 heavy (non-hydrogen) atoms. The number of hydrogen-bond donors (Lipinski definition) is 2. The Kier molecular flexibility index (Phi) is 6.32. The number of amides is 2. The number of nitrogens with one attached hydrogen (secondary N) is 2. The molecular formula is C26H22N2O4. The highest BCUT2D eigenvalue weighted by Crippen LogP contribution is 2.23. The van der Waals surface area contributed by atoms with Gasteiger partial charge in [-0.3, -0.25) is 9.59 Å². The highest BCUT2D eigenvalue weighted by Gasteiger charge is 2.12. The summed E-state index contributed by atoms with van der Waals surface area (Å²) in [5, 5.41) is 5.67. The minimum atomic E-state index is -0.362. The van der Waals surface area contributed by atoms with Gasteiger partial charge in [-0.05, 0) is 60.5 Å². The van der Waals surface area contributed by atoms with Gasteiger partial charge in [-0.1, -0.05) is 42.5 Å². The Hall–Kier alpha value is -4.32. The largest absolute Gasteiger partial charge is 0.489 e. The summed E-state index contributed by atoms with van der Waals surface area (Å²) in [6.45, 7) is 2.30. The molecule has 0 unspecified atom stereocenters. The summed E-state index contributed by atoms with van der Waals surface area (Å²) in [5.74, 6) is 0.188. The molecule has 0 aliphatic carbocycles. The van der Waals surface area contributed by atoms with Crippen LogP contribution in [0.1, 0.15) is 32.0 Å². The first-order valence-electron chi connectivity index (χ1n) is 10.1. The summed E-state index contributed by atoms with van der Waals surface area (Å²) in [7, 11) is 0. The molecule has 0 bridgehead atoms. The molecular weight excluding hydrogens is 404 g/mol. The van der Waals surface area contributed by atoms with E-state index in [2.05, 4.69) is 10.6 Å². The SMILES string of the molecule is Cc1ccc(NC(=O)c2ccco2)cc1NC(=O)c1cccc(OCc2ccccc2)c1. The van der Waals surface area contributed by atoms with Crippen molar-refractivity contribution in [1.82, 2.24) is 0 Å². The standard InChI is InChI=1S/C26H22N2O4/c1-18-12-13-21(27-26(30)24-11-6-14-31-24)16-23(18)28-25(29)20-9-5-10-22(15-20)32-17-19-7-3-2-4-8-19/h2-16H,17H2,1H3,(H,27,30)(H,28,29). The Morgan fingerprint density at radius 3 is 2.47 bits per heavy atom. The van der Waals surface area contributed by atoms with Gasteiger partial charge in [0.05, 0.1) is 6.26 Å². The van der Waals surface area contributed by atoms with Crippen molar-refractivity contribution in [3.8, 4) is 5.75 Å². The molecule has 6 nitrogen and oxygen atoms in total. The van der Waals surface area contributed by atoms with Crippen LogP contribution in [0.25, 0.3) is 0 Å². The van der Waals surface area contributed by atoms with E-state index in [4.69, 9.17) is 9.15 Å². The Balaban J connectivity index is 1.43. The molecule has 0 saturated carbocycles.